The first kappa shape index (κ1) is 12.6. The van der Waals surface area contributed by atoms with Gasteiger partial charge in [-0.3, -0.25) is 0 Å². The highest BCUT2D eigenvalue weighted by atomic mass is 16.5. The van der Waals surface area contributed by atoms with E-state index in [0.29, 0.717) is 12.0 Å². The highest BCUT2D eigenvalue weighted by molar-refractivity contribution is 5.41. The molecule has 0 fully saturated rings. The predicted molar refractivity (Wildman–Crippen MR) is 71.5 cm³/mol. The zero-order valence-electron chi connectivity index (χ0n) is 10.9. The van der Waals surface area contributed by atoms with Crippen LogP contribution in [0.3, 0.4) is 0 Å². The Labute approximate surface area is 104 Å². The fourth-order valence-electron chi connectivity index (χ4n) is 2.55. The third-order valence-corrected chi connectivity index (χ3v) is 3.54. The van der Waals surface area contributed by atoms with Gasteiger partial charge in [0.15, 0.2) is 0 Å². The van der Waals surface area contributed by atoms with Crippen LogP contribution < -0.4 is 5.32 Å². The lowest BCUT2D eigenvalue weighted by molar-refractivity contribution is 0.111. The summed E-state index contributed by atoms with van der Waals surface area (Å²) in [7, 11) is 0. The van der Waals surface area contributed by atoms with Crippen LogP contribution in [0.1, 0.15) is 37.3 Å². The molecule has 2 unspecified atom stereocenters. The third kappa shape index (κ3) is 2.88. The highest BCUT2D eigenvalue weighted by Crippen LogP contribution is 2.37. The molecule has 0 heterocycles. The number of rotatable bonds is 7. The molecule has 0 saturated carbocycles. The molecule has 0 aliphatic heterocycles. The van der Waals surface area contributed by atoms with Gasteiger partial charge in [0.1, 0.15) is 0 Å². The maximum atomic E-state index is 5.60. The Morgan fingerprint density at radius 2 is 2.18 bits per heavy atom. The van der Waals surface area contributed by atoms with Crippen LogP contribution in [0.2, 0.25) is 0 Å². The van der Waals surface area contributed by atoms with E-state index in [0.717, 1.165) is 19.8 Å². The van der Waals surface area contributed by atoms with E-state index in [1.807, 2.05) is 0 Å². The quantitative estimate of drug-likeness (QED) is 0.782. The molecule has 1 aromatic carbocycles. The molecule has 2 atom stereocenters. The largest absolute Gasteiger partial charge is 0.380 e. The number of hydrogen-bond donors (Lipinski definition) is 1. The van der Waals surface area contributed by atoms with Gasteiger partial charge in [-0.05, 0) is 37.4 Å². The van der Waals surface area contributed by atoms with Crippen molar-refractivity contribution in [1.29, 1.82) is 0 Å². The van der Waals surface area contributed by atoms with Crippen LogP contribution in [0.25, 0.3) is 0 Å². The van der Waals surface area contributed by atoms with Gasteiger partial charge in [-0.2, -0.15) is 0 Å². The molecule has 0 bridgehead atoms. The number of nitrogens with one attached hydrogen (secondary N) is 1. The van der Waals surface area contributed by atoms with Crippen molar-refractivity contribution in [1.82, 2.24) is 5.32 Å². The van der Waals surface area contributed by atoms with Gasteiger partial charge in [-0.1, -0.05) is 31.2 Å². The standard InChI is InChI=1S/C15H23NO/c1-3-9-16-15(11-17-4-2)14-10-12-7-5-6-8-13(12)14/h5-8,14-16H,3-4,9-11H2,1-2H3. The Morgan fingerprint density at radius 1 is 1.35 bits per heavy atom. The van der Waals surface area contributed by atoms with Crippen molar-refractivity contribution in [3.63, 3.8) is 0 Å². The molecule has 0 aromatic heterocycles. The minimum atomic E-state index is 0.477. The van der Waals surface area contributed by atoms with Crippen molar-refractivity contribution in [3.8, 4) is 0 Å². The lowest BCUT2D eigenvalue weighted by Crippen LogP contribution is -2.43. The average Bonchev–Trinajstić information content (AvgIpc) is 2.33. The lowest BCUT2D eigenvalue weighted by Gasteiger charge is -2.37. The predicted octanol–water partition coefficient (Wildman–Crippen LogP) is 2.73. The summed E-state index contributed by atoms with van der Waals surface area (Å²) in [6.07, 6.45) is 2.38. The second kappa shape index (κ2) is 6.18. The smallest absolute Gasteiger partial charge is 0.0625 e. The minimum Gasteiger partial charge on any atom is -0.380 e. The maximum absolute atomic E-state index is 5.60. The molecule has 1 aromatic rings. The first-order valence-electron chi connectivity index (χ1n) is 6.75. The van der Waals surface area contributed by atoms with Crippen molar-refractivity contribution in [2.45, 2.75) is 38.6 Å². The average molecular weight is 233 g/mol. The van der Waals surface area contributed by atoms with E-state index >= 15 is 0 Å². The van der Waals surface area contributed by atoms with Gasteiger partial charge in [0.05, 0.1) is 6.61 Å². The van der Waals surface area contributed by atoms with Crippen molar-refractivity contribution >= 4 is 0 Å². The minimum absolute atomic E-state index is 0.477. The molecule has 2 rings (SSSR count). The maximum Gasteiger partial charge on any atom is 0.0625 e. The van der Waals surface area contributed by atoms with Crippen LogP contribution in [-0.2, 0) is 11.2 Å². The lowest BCUT2D eigenvalue weighted by atomic mass is 9.73. The van der Waals surface area contributed by atoms with E-state index in [-0.39, 0.29) is 0 Å². The summed E-state index contributed by atoms with van der Waals surface area (Å²) in [5.41, 5.74) is 3.03. The Hall–Kier alpha value is -0.860. The van der Waals surface area contributed by atoms with Crippen LogP contribution in [0.15, 0.2) is 24.3 Å². The van der Waals surface area contributed by atoms with Crippen LogP contribution in [-0.4, -0.2) is 25.8 Å². The second-order valence-corrected chi connectivity index (χ2v) is 4.73. The van der Waals surface area contributed by atoms with Crippen LogP contribution >= 0.6 is 0 Å². The zero-order valence-corrected chi connectivity index (χ0v) is 10.9. The van der Waals surface area contributed by atoms with Crippen LogP contribution in [0.4, 0.5) is 0 Å². The van der Waals surface area contributed by atoms with Crippen molar-refractivity contribution in [3.05, 3.63) is 35.4 Å². The molecular formula is C15H23NO. The Balaban J connectivity index is 1.97. The fraction of sp³-hybridized carbons (Fsp3) is 0.600. The molecule has 0 radical (unpaired) electrons. The number of hydrogen-bond acceptors (Lipinski definition) is 2. The number of ether oxygens (including phenoxy) is 1. The third-order valence-electron chi connectivity index (χ3n) is 3.54. The van der Waals surface area contributed by atoms with E-state index in [1.54, 1.807) is 0 Å². The Bertz CT molecular complexity index is 343. The van der Waals surface area contributed by atoms with E-state index in [4.69, 9.17) is 4.74 Å². The number of benzene rings is 1. The fourth-order valence-corrected chi connectivity index (χ4v) is 2.55. The molecule has 94 valence electrons. The molecular weight excluding hydrogens is 210 g/mol. The summed E-state index contributed by atoms with van der Waals surface area (Å²) >= 11 is 0. The highest BCUT2D eigenvalue weighted by Gasteiger charge is 2.32. The molecule has 0 amide bonds. The van der Waals surface area contributed by atoms with Gasteiger partial charge < -0.3 is 10.1 Å². The Kier molecular flexibility index (Phi) is 4.57. The molecule has 1 N–H and O–H groups in total. The monoisotopic (exact) mass is 233 g/mol. The summed E-state index contributed by atoms with van der Waals surface area (Å²) in [5, 5.41) is 3.62. The van der Waals surface area contributed by atoms with Gasteiger partial charge in [-0.25, -0.2) is 0 Å². The van der Waals surface area contributed by atoms with E-state index in [1.165, 1.54) is 24.0 Å². The summed E-state index contributed by atoms with van der Waals surface area (Å²) in [6.45, 7) is 6.98. The van der Waals surface area contributed by atoms with Crippen LogP contribution in [0, 0.1) is 0 Å². The van der Waals surface area contributed by atoms with Crippen LogP contribution in [0.5, 0.6) is 0 Å². The molecule has 0 saturated heterocycles. The van der Waals surface area contributed by atoms with E-state index in [2.05, 4.69) is 43.4 Å². The number of fused-ring (bicyclic) bond motifs is 1. The topological polar surface area (TPSA) is 21.3 Å². The van der Waals surface area contributed by atoms with Gasteiger partial charge in [0, 0.05) is 18.6 Å². The summed E-state index contributed by atoms with van der Waals surface area (Å²) in [4.78, 5) is 0. The summed E-state index contributed by atoms with van der Waals surface area (Å²) in [5.74, 6) is 0.643. The van der Waals surface area contributed by atoms with Crippen molar-refractivity contribution < 1.29 is 4.74 Å². The molecule has 2 nitrogen and oxygen atoms in total. The Morgan fingerprint density at radius 3 is 2.88 bits per heavy atom. The molecule has 1 aliphatic rings. The first-order chi connectivity index (χ1) is 8.36. The summed E-state index contributed by atoms with van der Waals surface area (Å²) in [6, 6.07) is 9.25. The summed E-state index contributed by atoms with van der Waals surface area (Å²) < 4.78 is 5.60. The van der Waals surface area contributed by atoms with Gasteiger partial charge in [0.25, 0.3) is 0 Å². The zero-order chi connectivity index (χ0) is 12.1. The molecule has 1 aliphatic carbocycles. The molecule has 2 heteroatoms. The van der Waals surface area contributed by atoms with Crippen molar-refractivity contribution in [2.24, 2.45) is 0 Å². The molecule has 17 heavy (non-hydrogen) atoms. The first-order valence-corrected chi connectivity index (χ1v) is 6.75. The van der Waals surface area contributed by atoms with Crippen molar-refractivity contribution in [2.75, 3.05) is 19.8 Å². The van der Waals surface area contributed by atoms with Gasteiger partial charge >= 0.3 is 0 Å². The van der Waals surface area contributed by atoms with E-state index < -0.39 is 0 Å². The normalized spacial score (nSPS) is 19.5. The SMILES string of the molecule is CCCNC(COCC)C1Cc2ccccc21. The second-order valence-electron chi connectivity index (χ2n) is 4.73. The molecule has 0 spiro atoms. The van der Waals surface area contributed by atoms with Gasteiger partial charge in [0.2, 0.25) is 0 Å². The van der Waals surface area contributed by atoms with Gasteiger partial charge in [-0.15, -0.1) is 0 Å². The van der Waals surface area contributed by atoms with E-state index in [9.17, 15) is 0 Å².